The monoisotopic (exact) mass is 356 g/mol. The van der Waals surface area contributed by atoms with Gasteiger partial charge < -0.3 is 4.74 Å². The summed E-state index contributed by atoms with van der Waals surface area (Å²) >= 11 is 5.97. The van der Waals surface area contributed by atoms with Crippen molar-refractivity contribution in [1.29, 1.82) is 0 Å². The summed E-state index contributed by atoms with van der Waals surface area (Å²) in [5.41, 5.74) is 0.685. The Kier molecular flexibility index (Phi) is 4.76. The first-order chi connectivity index (χ1) is 10.7. The maximum atomic E-state index is 12.5. The van der Waals surface area contributed by atoms with Gasteiger partial charge in [0.05, 0.1) is 17.7 Å². The van der Waals surface area contributed by atoms with E-state index in [2.05, 4.69) is 4.72 Å². The molecule has 0 aliphatic heterocycles. The van der Waals surface area contributed by atoms with Crippen LogP contribution in [0.15, 0.2) is 41.3 Å². The number of halogens is 1. The van der Waals surface area contributed by atoms with Gasteiger partial charge in [-0.3, -0.25) is 14.8 Å². The molecule has 0 aliphatic rings. The van der Waals surface area contributed by atoms with Crippen molar-refractivity contribution in [2.45, 2.75) is 11.8 Å². The number of hydrogen-bond acceptors (Lipinski definition) is 5. The zero-order valence-electron chi connectivity index (χ0n) is 12.2. The molecule has 0 bridgehead atoms. The Morgan fingerprint density at radius 3 is 2.48 bits per heavy atom. The van der Waals surface area contributed by atoms with Gasteiger partial charge in [-0.1, -0.05) is 17.7 Å². The molecule has 0 atom stereocenters. The summed E-state index contributed by atoms with van der Waals surface area (Å²) in [6.45, 7) is 1.78. The molecule has 0 spiro atoms. The number of anilines is 1. The third kappa shape index (κ3) is 3.72. The minimum atomic E-state index is -4.08. The van der Waals surface area contributed by atoms with Crippen LogP contribution in [0.1, 0.15) is 5.56 Å². The van der Waals surface area contributed by atoms with Crippen LogP contribution in [0, 0.1) is 17.0 Å². The molecule has 2 aromatic rings. The van der Waals surface area contributed by atoms with Gasteiger partial charge in [0.25, 0.3) is 15.7 Å². The van der Waals surface area contributed by atoms with Gasteiger partial charge in [-0.15, -0.1) is 0 Å². The first-order valence-electron chi connectivity index (χ1n) is 6.36. The lowest BCUT2D eigenvalue weighted by Gasteiger charge is -2.12. The molecule has 0 aliphatic carbocycles. The number of sulfonamides is 1. The normalized spacial score (nSPS) is 11.1. The van der Waals surface area contributed by atoms with E-state index in [1.165, 1.54) is 25.3 Å². The number of benzene rings is 2. The molecule has 0 unspecified atom stereocenters. The second-order valence-electron chi connectivity index (χ2n) is 4.66. The number of ether oxygens (including phenoxy) is 1. The number of nitro benzene ring substituents is 1. The molecule has 0 aromatic heterocycles. The first kappa shape index (κ1) is 17.0. The van der Waals surface area contributed by atoms with Crippen molar-refractivity contribution in [3.63, 3.8) is 0 Å². The Balaban J connectivity index is 2.47. The van der Waals surface area contributed by atoms with Crippen LogP contribution < -0.4 is 9.46 Å². The predicted octanol–water partition coefficient (Wildman–Crippen LogP) is 3.37. The lowest BCUT2D eigenvalue weighted by Crippen LogP contribution is -2.14. The Bertz CT molecular complexity index is 867. The Morgan fingerprint density at radius 2 is 1.91 bits per heavy atom. The number of hydrogen-bond donors (Lipinski definition) is 1. The minimum absolute atomic E-state index is 0.00121. The zero-order valence-corrected chi connectivity index (χ0v) is 13.8. The van der Waals surface area contributed by atoms with Crippen molar-refractivity contribution in [3.8, 4) is 5.75 Å². The Morgan fingerprint density at radius 1 is 1.22 bits per heavy atom. The fourth-order valence-electron chi connectivity index (χ4n) is 1.86. The topological polar surface area (TPSA) is 98.5 Å². The smallest absolute Gasteiger partial charge is 0.271 e. The molecule has 9 heteroatoms. The number of nitrogens with one attached hydrogen (secondary N) is 1. The van der Waals surface area contributed by atoms with Gasteiger partial charge >= 0.3 is 0 Å². The second-order valence-corrected chi connectivity index (χ2v) is 6.72. The summed E-state index contributed by atoms with van der Waals surface area (Å²) in [7, 11) is -2.80. The van der Waals surface area contributed by atoms with Gasteiger partial charge in [-0.2, -0.15) is 0 Å². The third-order valence-corrected chi connectivity index (χ3v) is 4.88. The van der Waals surface area contributed by atoms with E-state index in [9.17, 15) is 18.5 Å². The number of methoxy groups -OCH3 is 1. The Labute approximate surface area is 138 Å². The number of aryl methyl sites for hydroxylation is 1. The fraction of sp³-hybridized carbons (Fsp3) is 0.143. The molecule has 0 saturated carbocycles. The lowest BCUT2D eigenvalue weighted by atomic mass is 10.2. The molecule has 0 fully saturated rings. The largest absolute Gasteiger partial charge is 0.495 e. The maximum absolute atomic E-state index is 12.5. The van der Waals surface area contributed by atoms with Crippen LogP contribution in [0.3, 0.4) is 0 Å². The van der Waals surface area contributed by atoms with Crippen molar-refractivity contribution in [2.75, 3.05) is 11.8 Å². The summed E-state index contributed by atoms with van der Waals surface area (Å²) < 4.78 is 32.3. The molecule has 2 aromatic carbocycles. The SMILES string of the molecule is COc1ccc([N+](=O)[O-])cc1S(=O)(=O)Nc1ccc(C)c(Cl)c1. The van der Waals surface area contributed by atoms with E-state index in [4.69, 9.17) is 16.3 Å². The molecule has 0 heterocycles. The molecule has 2 rings (SSSR count). The van der Waals surface area contributed by atoms with Crippen LogP contribution in [0.5, 0.6) is 5.75 Å². The quantitative estimate of drug-likeness (QED) is 0.654. The van der Waals surface area contributed by atoms with Crippen LogP contribution in [-0.4, -0.2) is 20.5 Å². The fourth-order valence-corrected chi connectivity index (χ4v) is 3.28. The highest BCUT2D eigenvalue weighted by molar-refractivity contribution is 7.92. The zero-order chi connectivity index (χ0) is 17.2. The van der Waals surface area contributed by atoms with Crippen LogP contribution >= 0.6 is 11.6 Å². The molecular formula is C14H13ClN2O5S. The number of rotatable bonds is 5. The summed E-state index contributed by atoms with van der Waals surface area (Å²) in [6, 6.07) is 8.00. The van der Waals surface area contributed by atoms with Crippen molar-refractivity contribution in [1.82, 2.24) is 0 Å². The van der Waals surface area contributed by atoms with Crippen molar-refractivity contribution in [3.05, 3.63) is 57.1 Å². The van der Waals surface area contributed by atoms with Gasteiger partial charge in [0.1, 0.15) is 10.6 Å². The number of nitro groups is 1. The van der Waals surface area contributed by atoms with Crippen LogP contribution in [0.2, 0.25) is 5.02 Å². The van der Waals surface area contributed by atoms with E-state index in [0.29, 0.717) is 5.02 Å². The average molecular weight is 357 g/mol. The highest BCUT2D eigenvalue weighted by atomic mass is 35.5. The summed E-state index contributed by atoms with van der Waals surface area (Å²) in [4.78, 5) is 9.85. The second kappa shape index (κ2) is 6.43. The van der Waals surface area contributed by atoms with E-state index in [1.807, 2.05) is 0 Å². The summed E-state index contributed by atoms with van der Waals surface area (Å²) in [5, 5.41) is 11.3. The van der Waals surface area contributed by atoms with E-state index in [-0.39, 0.29) is 22.0 Å². The standard InChI is InChI=1S/C14H13ClN2O5S/c1-9-3-4-10(7-12(9)15)16-23(20,21)14-8-11(17(18)19)5-6-13(14)22-2/h3-8,16H,1-2H3. The van der Waals surface area contributed by atoms with Crippen molar-refractivity contribution >= 4 is 33.0 Å². The number of non-ortho nitro benzene ring substituents is 1. The highest BCUT2D eigenvalue weighted by Gasteiger charge is 2.23. The van der Waals surface area contributed by atoms with E-state index < -0.39 is 14.9 Å². The molecule has 1 N–H and O–H groups in total. The van der Waals surface area contributed by atoms with E-state index in [0.717, 1.165) is 11.6 Å². The van der Waals surface area contributed by atoms with E-state index >= 15 is 0 Å². The summed E-state index contributed by atoms with van der Waals surface area (Å²) in [5.74, 6) is 0.00121. The molecule has 0 radical (unpaired) electrons. The third-order valence-electron chi connectivity index (χ3n) is 3.07. The average Bonchev–Trinajstić information content (AvgIpc) is 2.50. The minimum Gasteiger partial charge on any atom is -0.495 e. The van der Waals surface area contributed by atoms with Crippen LogP contribution in [-0.2, 0) is 10.0 Å². The maximum Gasteiger partial charge on any atom is 0.271 e. The molecular weight excluding hydrogens is 344 g/mol. The van der Waals surface area contributed by atoms with Crippen LogP contribution in [0.25, 0.3) is 0 Å². The number of nitrogens with zero attached hydrogens (tertiary/aromatic N) is 1. The van der Waals surface area contributed by atoms with Crippen molar-refractivity contribution in [2.24, 2.45) is 0 Å². The van der Waals surface area contributed by atoms with E-state index in [1.54, 1.807) is 19.1 Å². The molecule has 0 saturated heterocycles. The van der Waals surface area contributed by atoms with Gasteiger partial charge in [0.2, 0.25) is 0 Å². The molecule has 122 valence electrons. The van der Waals surface area contributed by atoms with Gasteiger partial charge in [0, 0.05) is 17.2 Å². The van der Waals surface area contributed by atoms with Crippen LogP contribution in [0.4, 0.5) is 11.4 Å². The molecule has 7 nitrogen and oxygen atoms in total. The van der Waals surface area contributed by atoms with Gasteiger partial charge in [0.15, 0.2) is 0 Å². The predicted molar refractivity (Wildman–Crippen MR) is 86.6 cm³/mol. The Hall–Kier alpha value is -2.32. The highest BCUT2D eigenvalue weighted by Crippen LogP contribution is 2.30. The first-order valence-corrected chi connectivity index (χ1v) is 8.22. The summed E-state index contributed by atoms with van der Waals surface area (Å²) in [6.07, 6.45) is 0. The van der Waals surface area contributed by atoms with Crippen molar-refractivity contribution < 1.29 is 18.1 Å². The molecule has 0 amide bonds. The van der Waals surface area contributed by atoms with Gasteiger partial charge in [-0.25, -0.2) is 8.42 Å². The van der Waals surface area contributed by atoms with Gasteiger partial charge in [-0.05, 0) is 30.7 Å². The lowest BCUT2D eigenvalue weighted by molar-refractivity contribution is -0.385. The molecule has 23 heavy (non-hydrogen) atoms.